The minimum absolute atomic E-state index is 0.558. The maximum absolute atomic E-state index is 10.7. The Morgan fingerprint density at radius 1 is 0.594 bits per heavy atom. The molecule has 4 aromatic rings. The van der Waals surface area contributed by atoms with Gasteiger partial charge in [-0.2, -0.15) is 0 Å². The molecule has 0 amide bonds. The molecule has 4 rings (SSSR count). The number of benzene rings is 4. The van der Waals surface area contributed by atoms with Gasteiger partial charge in [-0.1, -0.05) is 80.1 Å². The van der Waals surface area contributed by atoms with E-state index < -0.39 is 0 Å². The van der Waals surface area contributed by atoms with Gasteiger partial charge in [0.05, 0.1) is 0 Å². The summed E-state index contributed by atoms with van der Waals surface area (Å²) in [5, 5.41) is 0. The van der Waals surface area contributed by atoms with Crippen molar-refractivity contribution in [2.24, 2.45) is 0 Å². The first-order valence-corrected chi connectivity index (χ1v) is 11.4. The van der Waals surface area contributed by atoms with E-state index in [-0.39, 0.29) is 0 Å². The van der Waals surface area contributed by atoms with Gasteiger partial charge < -0.3 is 9.69 Å². The molecule has 0 saturated heterocycles. The van der Waals surface area contributed by atoms with E-state index in [4.69, 9.17) is 0 Å². The maximum Gasteiger partial charge on any atom is 0.120 e. The van der Waals surface area contributed by atoms with Crippen molar-refractivity contribution in [3.05, 3.63) is 114 Å². The van der Waals surface area contributed by atoms with E-state index >= 15 is 0 Å². The molecule has 0 fully saturated rings. The molecule has 0 atom stereocenters. The fourth-order valence-electron chi connectivity index (χ4n) is 4.02. The monoisotopic (exact) mass is 419 g/mol. The predicted molar refractivity (Wildman–Crippen MR) is 135 cm³/mol. The van der Waals surface area contributed by atoms with Gasteiger partial charge in [0, 0.05) is 23.5 Å². The van der Waals surface area contributed by atoms with Crippen LogP contribution in [0.15, 0.2) is 103 Å². The summed E-state index contributed by atoms with van der Waals surface area (Å²) in [5.41, 5.74) is 8.33. The number of anilines is 3. The lowest BCUT2D eigenvalue weighted by Crippen LogP contribution is -2.10. The van der Waals surface area contributed by atoms with Crippen LogP contribution in [0.2, 0.25) is 0 Å². The van der Waals surface area contributed by atoms with Gasteiger partial charge in [-0.05, 0) is 71.5 Å². The van der Waals surface area contributed by atoms with E-state index in [0.29, 0.717) is 6.42 Å². The summed E-state index contributed by atoms with van der Waals surface area (Å²) < 4.78 is 0. The molecule has 0 unspecified atom stereocenters. The van der Waals surface area contributed by atoms with E-state index in [1.807, 2.05) is 6.07 Å². The first-order valence-electron chi connectivity index (χ1n) is 11.4. The zero-order valence-corrected chi connectivity index (χ0v) is 18.6. The van der Waals surface area contributed by atoms with Crippen molar-refractivity contribution >= 4 is 23.3 Å². The third-order valence-corrected chi connectivity index (χ3v) is 5.71. The second kappa shape index (κ2) is 10.6. The van der Waals surface area contributed by atoms with Crippen LogP contribution in [0.25, 0.3) is 11.1 Å². The molecule has 0 aliphatic heterocycles. The Kier molecular flexibility index (Phi) is 7.14. The molecule has 2 nitrogen and oxygen atoms in total. The molecule has 0 aromatic heterocycles. The van der Waals surface area contributed by atoms with Crippen molar-refractivity contribution in [2.75, 3.05) is 4.90 Å². The highest BCUT2D eigenvalue weighted by molar-refractivity contribution is 5.78. The van der Waals surface area contributed by atoms with Gasteiger partial charge in [-0.15, -0.1) is 0 Å². The summed E-state index contributed by atoms with van der Waals surface area (Å²) in [7, 11) is 0. The SMILES string of the molecule is CCCc1ccc(N(c2ccc(CCC=O)cc2)c2ccc(-c3ccccc3)cc2)cc1. The van der Waals surface area contributed by atoms with Crippen LogP contribution in [0, 0.1) is 0 Å². The molecular formula is C30H29NO. The van der Waals surface area contributed by atoms with Gasteiger partial charge in [0.1, 0.15) is 6.29 Å². The second-order valence-electron chi connectivity index (χ2n) is 8.04. The molecule has 0 N–H and O–H groups in total. The van der Waals surface area contributed by atoms with Crippen molar-refractivity contribution in [1.82, 2.24) is 0 Å². The summed E-state index contributed by atoms with van der Waals surface area (Å²) in [6, 6.07) is 36.6. The van der Waals surface area contributed by atoms with Gasteiger partial charge in [0.15, 0.2) is 0 Å². The zero-order chi connectivity index (χ0) is 22.2. The highest BCUT2D eigenvalue weighted by Crippen LogP contribution is 2.36. The zero-order valence-electron chi connectivity index (χ0n) is 18.6. The second-order valence-corrected chi connectivity index (χ2v) is 8.04. The molecule has 2 heteroatoms. The maximum atomic E-state index is 10.7. The minimum atomic E-state index is 0.558. The number of aryl methyl sites for hydroxylation is 2. The topological polar surface area (TPSA) is 20.3 Å². The molecule has 32 heavy (non-hydrogen) atoms. The Balaban J connectivity index is 1.69. The standard InChI is InChI=1S/C30H29NO/c1-2-7-24-11-17-28(18-12-24)31(29-19-13-25(14-20-29)8-6-23-32)30-21-15-27(16-22-30)26-9-4-3-5-10-26/h3-5,9-23H,2,6-8H2,1H3. The Morgan fingerprint density at radius 3 is 1.56 bits per heavy atom. The molecule has 0 aliphatic rings. The van der Waals surface area contributed by atoms with E-state index in [1.54, 1.807) is 0 Å². The highest BCUT2D eigenvalue weighted by atomic mass is 16.1. The molecule has 0 bridgehead atoms. The highest BCUT2D eigenvalue weighted by Gasteiger charge is 2.13. The van der Waals surface area contributed by atoms with Crippen LogP contribution in [0.4, 0.5) is 17.1 Å². The smallest absolute Gasteiger partial charge is 0.120 e. The molecule has 0 radical (unpaired) electrons. The third kappa shape index (κ3) is 5.15. The summed E-state index contributed by atoms with van der Waals surface area (Å²) >= 11 is 0. The van der Waals surface area contributed by atoms with Gasteiger partial charge in [0.25, 0.3) is 0 Å². The lowest BCUT2D eigenvalue weighted by atomic mass is 10.0. The fourth-order valence-corrected chi connectivity index (χ4v) is 4.02. The number of nitrogens with zero attached hydrogens (tertiary/aromatic N) is 1. The van der Waals surface area contributed by atoms with E-state index in [1.165, 1.54) is 22.3 Å². The number of hydrogen-bond donors (Lipinski definition) is 0. The number of rotatable bonds is 9. The molecule has 160 valence electrons. The summed E-state index contributed by atoms with van der Waals surface area (Å²) in [4.78, 5) is 13.0. The van der Waals surface area contributed by atoms with E-state index in [0.717, 1.165) is 42.6 Å². The normalized spacial score (nSPS) is 10.7. The Morgan fingerprint density at radius 2 is 1.06 bits per heavy atom. The number of hydrogen-bond acceptors (Lipinski definition) is 2. The number of aldehydes is 1. The summed E-state index contributed by atoms with van der Waals surface area (Å²) in [5.74, 6) is 0. The summed E-state index contributed by atoms with van der Waals surface area (Å²) in [6.45, 7) is 2.21. The van der Waals surface area contributed by atoms with Gasteiger partial charge in [-0.25, -0.2) is 0 Å². The lowest BCUT2D eigenvalue weighted by molar-refractivity contribution is -0.107. The third-order valence-electron chi connectivity index (χ3n) is 5.71. The Hall–Kier alpha value is -3.65. The molecule has 0 heterocycles. The minimum Gasteiger partial charge on any atom is -0.311 e. The van der Waals surface area contributed by atoms with Crippen molar-refractivity contribution < 1.29 is 4.79 Å². The van der Waals surface area contributed by atoms with Crippen molar-refractivity contribution in [2.45, 2.75) is 32.6 Å². The average molecular weight is 420 g/mol. The molecule has 0 aliphatic carbocycles. The van der Waals surface area contributed by atoms with Crippen LogP contribution in [0.5, 0.6) is 0 Å². The molecule has 4 aromatic carbocycles. The van der Waals surface area contributed by atoms with Crippen LogP contribution in [-0.2, 0) is 17.6 Å². The molecular weight excluding hydrogens is 390 g/mol. The van der Waals surface area contributed by atoms with Crippen LogP contribution in [0.3, 0.4) is 0 Å². The van der Waals surface area contributed by atoms with Gasteiger partial charge in [-0.3, -0.25) is 0 Å². The predicted octanol–water partition coefficient (Wildman–Crippen LogP) is 7.91. The van der Waals surface area contributed by atoms with Crippen LogP contribution in [0.1, 0.15) is 30.9 Å². The van der Waals surface area contributed by atoms with Gasteiger partial charge in [0.2, 0.25) is 0 Å². The molecule has 0 spiro atoms. The van der Waals surface area contributed by atoms with Crippen molar-refractivity contribution in [3.8, 4) is 11.1 Å². The first kappa shape index (κ1) is 21.6. The van der Waals surface area contributed by atoms with E-state index in [2.05, 4.69) is 109 Å². The largest absolute Gasteiger partial charge is 0.311 e. The fraction of sp³-hybridized carbons (Fsp3) is 0.167. The van der Waals surface area contributed by atoms with Crippen molar-refractivity contribution in [1.29, 1.82) is 0 Å². The number of carbonyl (C=O) groups excluding carboxylic acids is 1. The van der Waals surface area contributed by atoms with Crippen LogP contribution >= 0.6 is 0 Å². The number of carbonyl (C=O) groups is 1. The van der Waals surface area contributed by atoms with Crippen LogP contribution < -0.4 is 4.90 Å². The quantitative estimate of drug-likeness (QED) is 0.257. The Bertz CT molecular complexity index is 1110. The lowest BCUT2D eigenvalue weighted by Gasteiger charge is -2.26. The molecule has 0 saturated carbocycles. The first-order chi connectivity index (χ1) is 15.8. The average Bonchev–Trinajstić information content (AvgIpc) is 2.86. The van der Waals surface area contributed by atoms with E-state index in [9.17, 15) is 4.79 Å². The van der Waals surface area contributed by atoms with Gasteiger partial charge >= 0.3 is 0 Å². The summed E-state index contributed by atoms with van der Waals surface area (Å²) in [6.07, 6.45) is 4.56. The van der Waals surface area contributed by atoms with Crippen LogP contribution in [-0.4, -0.2) is 6.29 Å². The van der Waals surface area contributed by atoms with Crippen molar-refractivity contribution in [3.63, 3.8) is 0 Å². The Labute approximate surface area is 191 Å².